The zero-order chi connectivity index (χ0) is 11.1. The number of aromatic nitrogens is 2. The predicted octanol–water partition coefficient (Wildman–Crippen LogP) is 2.23. The molecule has 0 aromatic carbocycles. The molecule has 0 fully saturated rings. The van der Waals surface area contributed by atoms with Crippen LogP contribution in [0.5, 0.6) is 0 Å². The minimum Gasteiger partial charge on any atom is -0.375 e. The summed E-state index contributed by atoms with van der Waals surface area (Å²) in [6.07, 6.45) is 2.07. The molecule has 3 nitrogen and oxygen atoms in total. The van der Waals surface area contributed by atoms with E-state index in [4.69, 9.17) is 16.3 Å². The van der Waals surface area contributed by atoms with Crippen molar-refractivity contribution >= 4 is 11.6 Å². The van der Waals surface area contributed by atoms with Gasteiger partial charge in [-0.25, -0.2) is 13.8 Å². The van der Waals surface area contributed by atoms with Gasteiger partial charge in [0, 0.05) is 30.8 Å². The van der Waals surface area contributed by atoms with Crippen molar-refractivity contribution in [1.82, 2.24) is 9.97 Å². The minimum atomic E-state index is -2.41. The molecule has 1 unspecified atom stereocenters. The maximum atomic E-state index is 11.7. The van der Waals surface area contributed by atoms with Gasteiger partial charge in [0.15, 0.2) is 0 Å². The highest BCUT2D eigenvalue weighted by molar-refractivity contribution is 6.20. The molecule has 6 heteroatoms. The Bertz CT molecular complexity index is 257. The van der Waals surface area contributed by atoms with Crippen LogP contribution in [0.2, 0.25) is 0 Å². The number of hydrogen-bond acceptors (Lipinski definition) is 2. The lowest BCUT2D eigenvalue weighted by molar-refractivity contribution is 0.0165. The van der Waals surface area contributed by atoms with Gasteiger partial charge in [-0.15, -0.1) is 11.6 Å². The summed E-state index contributed by atoms with van der Waals surface area (Å²) >= 11 is 5.96. The second kappa shape index (κ2) is 6.74. The Labute approximate surface area is 91.8 Å². The van der Waals surface area contributed by atoms with Crippen molar-refractivity contribution < 1.29 is 13.5 Å². The SMILES string of the molecule is FC(F)COCCC(Cl)Cc1ncc[nH]1. The van der Waals surface area contributed by atoms with Crippen molar-refractivity contribution in [3.05, 3.63) is 18.2 Å². The number of halogens is 3. The summed E-state index contributed by atoms with van der Waals surface area (Å²) in [6.45, 7) is -0.274. The maximum absolute atomic E-state index is 11.7. The number of nitrogens with one attached hydrogen (secondary N) is 1. The van der Waals surface area contributed by atoms with Crippen molar-refractivity contribution in [1.29, 1.82) is 0 Å². The Morgan fingerprint density at radius 2 is 2.33 bits per heavy atom. The van der Waals surface area contributed by atoms with E-state index in [9.17, 15) is 8.78 Å². The summed E-state index contributed by atoms with van der Waals surface area (Å²) in [5.74, 6) is 0.795. The van der Waals surface area contributed by atoms with Crippen molar-refractivity contribution in [2.75, 3.05) is 13.2 Å². The lowest BCUT2D eigenvalue weighted by atomic mass is 10.2. The molecule has 0 aliphatic carbocycles. The molecule has 0 spiro atoms. The average Bonchev–Trinajstić information content (AvgIpc) is 2.64. The summed E-state index contributed by atoms with van der Waals surface area (Å²) < 4.78 is 28.1. The van der Waals surface area contributed by atoms with Crippen LogP contribution in [-0.2, 0) is 11.2 Å². The number of ether oxygens (including phenoxy) is 1. The zero-order valence-corrected chi connectivity index (χ0v) is 8.88. The Kier molecular flexibility index (Phi) is 5.57. The Morgan fingerprint density at radius 3 is 2.93 bits per heavy atom. The number of H-pyrrole nitrogens is 1. The number of aromatic amines is 1. The fraction of sp³-hybridized carbons (Fsp3) is 0.667. The first kappa shape index (κ1) is 12.4. The fourth-order valence-corrected chi connectivity index (χ4v) is 1.34. The van der Waals surface area contributed by atoms with Gasteiger partial charge in [0.2, 0.25) is 0 Å². The van der Waals surface area contributed by atoms with Crippen molar-refractivity contribution in [3.8, 4) is 0 Å². The van der Waals surface area contributed by atoms with E-state index in [0.29, 0.717) is 12.8 Å². The summed E-state index contributed by atoms with van der Waals surface area (Å²) in [5, 5.41) is -0.145. The zero-order valence-electron chi connectivity index (χ0n) is 8.13. The molecular formula is C9H13ClF2N2O. The second-order valence-corrected chi connectivity index (χ2v) is 3.71. The third-order valence-corrected chi connectivity index (χ3v) is 2.16. The van der Waals surface area contributed by atoms with E-state index < -0.39 is 13.0 Å². The number of imidazole rings is 1. The summed E-state index contributed by atoms with van der Waals surface area (Å²) in [5.41, 5.74) is 0. The third-order valence-electron chi connectivity index (χ3n) is 1.79. The Morgan fingerprint density at radius 1 is 1.53 bits per heavy atom. The summed E-state index contributed by atoms with van der Waals surface area (Å²) in [4.78, 5) is 6.93. The van der Waals surface area contributed by atoms with Gasteiger partial charge >= 0.3 is 0 Å². The number of rotatable bonds is 7. The molecule has 0 aliphatic rings. The van der Waals surface area contributed by atoms with E-state index in [0.717, 1.165) is 5.82 Å². The molecule has 1 aromatic rings. The Hall–Kier alpha value is -0.680. The van der Waals surface area contributed by atoms with E-state index in [1.807, 2.05) is 0 Å². The molecule has 0 radical (unpaired) electrons. The highest BCUT2D eigenvalue weighted by atomic mass is 35.5. The van der Waals surface area contributed by atoms with Crippen molar-refractivity contribution in [2.45, 2.75) is 24.6 Å². The van der Waals surface area contributed by atoms with Crippen LogP contribution < -0.4 is 0 Å². The standard InChI is InChI=1S/C9H13ClF2N2O/c10-7(1-4-15-6-8(11)12)5-9-13-2-3-14-9/h2-3,7-8H,1,4-6H2,(H,13,14). The van der Waals surface area contributed by atoms with E-state index in [2.05, 4.69) is 9.97 Å². The number of nitrogens with zero attached hydrogens (tertiary/aromatic N) is 1. The lowest BCUT2D eigenvalue weighted by Crippen LogP contribution is -2.11. The number of alkyl halides is 3. The van der Waals surface area contributed by atoms with Gasteiger partial charge in [0.1, 0.15) is 12.4 Å². The molecule has 0 bridgehead atoms. The quantitative estimate of drug-likeness (QED) is 0.584. The highest BCUT2D eigenvalue weighted by Gasteiger charge is 2.08. The third kappa shape index (κ3) is 5.69. The molecule has 1 aromatic heterocycles. The van der Waals surface area contributed by atoms with Crippen LogP contribution in [0.15, 0.2) is 12.4 Å². The van der Waals surface area contributed by atoms with Crippen LogP contribution in [0.25, 0.3) is 0 Å². The average molecular weight is 239 g/mol. The van der Waals surface area contributed by atoms with Crippen LogP contribution in [0, 0.1) is 0 Å². The van der Waals surface area contributed by atoms with Crippen LogP contribution in [0.4, 0.5) is 8.78 Å². The monoisotopic (exact) mass is 238 g/mol. The molecule has 0 aliphatic heterocycles. The molecule has 1 atom stereocenters. The van der Waals surface area contributed by atoms with Gasteiger partial charge in [0.25, 0.3) is 6.43 Å². The van der Waals surface area contributed by atoms with Gasteiger partial charge in [-0.3, -0.25) is 0 Å². The van der Waals surface area contributed by atoms with Crippen LogP contribution in [0.1, 0.15) is 12.2 Å². The van der Waals surface area contributed by atoms with Gasteiger partial charge in [0.05, 0.1) is 0 Å². The van der Waals surface area contributed by atoms with Crippen LogP contribution in [-0.4, -0.2) is 35.0 Å². The molecule has 1 heterocycles. The van der Waals surface area contributed by atoms with Gasteiger partial charge in [-0.05, 0) is 6.42 Å². The van der Waals surface area contributed by atoms with Gasteiger partial charge in [-0.1, -0.05) is 0 Å². The minimum absolute atomic E-state index is 0.145. The maximum Gasteiger partial charge on any atom is 0.261 e. The molecule has 1 N–H and O–H groups in total. The normalized spacial score (nSPS) is 13.3. The second-order valence-electron chi connectivity index (χ2n) is 3.09. The largest absolute Gasteiger partial charge is 0.375 e. The molecule has 0 saturated carbocycles. The topological polar surface area (TPSA) is 37.9 Å². The summed E-state index contributed by atoms with van der Waals surface area (Å²) in [6, 6.07) is 0. The lowest BCUT2D eigenvalue weighted by Gasteiger charge is -2.07. The van der Waals surface area contributed by atoms with Gasteiger partial charge in [-0.2, -0.15) is 0 Å². The summed E-state index contributed by atoms with van der Waals surface area (Å²) in [7, 11) is 0. The first-order valence-electron chi connectivity index (χ1n) is 4.66. The van der Waals surface area contributed by atoms with Crippen molar-refractivity contribution in [3.63, 3.8) is 0 Å². The van der Waals surface area contributed by atoms with Crippen LogP contribution >= 0.6 is 11.6 Å². The number of hydrogen-bond donors (Lipinski definition) is 1. The molecule has 0 saturated heterocycles. The first-order chi connectivity index (χ1) is 7.18. The van der Waals surface area contributed by atoms with Crippen molar-refractivity contribution in [2.24, 2.45) is 0 Å². The van der Waals surface area contributed by atoms with E-state index in [1.165, 1.54) is 0 Å². The first-order valence-corrected chi connectivity index (χ1v) is 5.10. The molecule has 0 amide bonds. The smallest absolute Gasteiger partial charge is 0.261 e. The van der Waals surface area contributed by atoms with E-state index in [1.54, 1.807) is 12.4 Å². The fourth-order valence-electron chi connectivity index (χ4n) is 1.11. The Balaban J connectivity index is 2.06. The van der Waals surface area contributed by atoms with E-state index in [-0.39, 0.29) is 12.0 Å². The molecule has 15 heavy (non-hydrogen) atoms. The van der Waals surface area contributed by atoms with Gasteiger partial charge < -0.3 is 9.72 Å². The van der Waals surface area contributed by atoms with E-state index >= 15 is 0 Å². The molecule has 1 rings (SSSR count). The van der Waals surface area contributed by atoms with Crippen LogP contribution in [0.3, 0.4) is 0 Å². The molecular weight excluding hydrogens is 226 g/mol. The predicted molar refractivity (Wildman–Crippen MR) is 53.4 cm³/mol. The molecule has 86 valence electrons. The highest BCUT2D eigenvalue weighted by Crippen LogP contribution is 2.08.